The second-order valence-corrected chi connectivity index (χ2v) is 10.1. The lowest BCUT2D eigenvalue weighted by atomic mass is 9.87. The van der Waals surface area contributed by atoms with Crippen LogP contribution in [-0.2, 0) is 22.0 Å². The highest BCUT2D eigenvalue weighted by molar-refractivity contribution is 7.92. The van der Waals surface area contributed by atoms with E-state index in [1.54, 1.807) is 6.07 Å². The second-order valence-electron chi connectivity index (χ2n) is 8.20. The van der Waals surface area contributed by atoms with Gasteiger partial charge in [-0.3, -0.25) is 4.31 Å². The first kappa shape index (κ1) is 18.9. The van der Waals surface area contributed by atoms with Gasteiger partial charge >= 0.3 is 0 Å². The SMILES string of the molecule is CC(C)(C)c1ccc(CN(c2ccc(C3CC3)cc2F)S(C)(=O)=O)cc1. The molecular formula is C21H26FNO2S. The molecule has 0 spiro atoms. The Kier molecular flexibility index (Phi) is 4.86. The van der Waals surface area contributed by atoms with E-state index in [-0.39, 0.29) is 17.6 Å². The Morgan fingerprint density at radius 1 is 1.08 bits per heavy atom. The van der Waals surface area contributed by atoms with Crippen LogP contribution in [0.3, 0.4) is 0 Å². The minimum atomic E-state index is -3.60. The first-order valence-corrected chi connectivity index (χ1v) is 10.8. The number of hydrogen-bond acceptors (Lipinski definition) is 2. The Morgan fingerprint density at radius 2 is 1.69 bits per heavy atom. The quantitative estimate of drug-likeness (QED) is 0.740. The van der Waals surface area contributed by atoms with Gasteiger partial charge in [0.05, 0.1) is 18.5 Å². The summed E-state index contributed by atoms with van der Waals surface area (Å²) in [5.41, 5.74) is 3.09. The maximum atomic E-state index is 14.6. The van der Waals surface area contributed by atoms with Gasteiger partial charge in [0.1, 0.15) is 5.82 Å². The normalized spacial score (nSPS) is 15.1. The van der Waals surface area contributed by atoms with Gasteiger partial charge in [-0.2, -0.15) is 0 Å². The third-order valence-electron chi connectivity index (χ3n) is 4.84. The Morgan fingerprint density at radius 3 is 2.15 bits per heavy atom. The zero-order valence-electron chi connectivity index (χ0n) is 15.8. The molecule has 1 fully saturated rings. The molecule has 0 radical (unpaired) electrons. The van der Waals surface area contributed by atoms with E-state index in [1.165, 1.54) is 11.6 Å². The standard InChI is InChI=1S/C21H26FNO2S/c1-21(2,3)18-10-5-15(6-11-18)14-23(26(4,24)25)20-12-9-17(13-19(20)22)16-7-8-16/h5-6,9-13,16H,7-8,14H2,1-4H3. The second kappa shape index (κ2) is 6.69. The van der Waals surface area contributed by atoms with Crippen LogP contribution in [0.25, 0.3) is 0 Å². The van der Waals surface area contributed by atoms with E-state index >= 15 is 0 Å². The Labute approximate surface area is 155 Å². The van der Waals surface area contributed by atoms with Crippen molar-refractivity contribution in [2.45, 2.75) is 51.5 Å². The number of anilines is 1. The average molecular weight is 376 g/mol. The van der Waals surface area contributed by atoms with Gasteiger partial charge in [-0.25, -0.2) is 12.8 Å². The molecule has 1 aliphatic carbocycles. The topological polar surface area (TPSA) is 37.4 Å². The maximum absolute atomic E-state index is 14.6. The fourth-order valence-corrected chi connectivity index (χ4v) is 3.94. The van der Waals surface area contributed by atoms with E-state index in [1.807, 2.05) is 30.3 Å². The minimum absolute atomic E-state index is 0.0276. The van der Waals surface area contributed by atoms with E-state index in [4.69, 9.17) is 0 Å². The van der Waals surface area contributed by atoms with Crippen LogP contribution in [0, 0.1) is 5.82 Å². The zero-order valence-corrected chi connectivity index (χ0v) is 16.6. The van der Waals surface area contributed by atoms with Crippen molar-refractivity contribution in [1.29, 1.82) is 0 Å². The zero-order chi connectivity index (χ0) is 19.1. The summed E-state index contributed by atoms with van der Waals surface area (Å²) in [6.45, 7) is 6.49. The molecule has 2 aromatic carbocycles. The predicted octanol–water partition coefficient (Wildman–Crippen LogP) is 4.97. The molecule has 3 rings (SSSR count). The molecule has 1 aliphatic rings. The summed E-state index contributed by atoms with van der Waals surface area (Å²) < 4.78 is 40.4. The van der Waals surface area contributed by atoms with Gasteiger partial charge in [-0.05, 0) is 53.0 Å². The molecule has 0 aromatic heterocycles. The van der Waals surface area contributed by atoms with E-state index in [0.29, 0.717) is 5.92 Å². The average Bonchev–Trinajstić information content (AvgIpc) is 3.36. The molecule has 2 aromatic rings. The monoisotopic (exact) mass is 375 g/mol. The van der Waals surface area contributed by atoms with E-state index in [0.717, 1.165) is 34.5 Å². The van der Waals surface area contributed by atoms with Crippen molar-refractivity contribution in [3.8, 4) is 0 Å². The van der Waals surface area contributed by atoms with Crippen LogP contribution in [0.5, 0.6) is 0 Å². The third-order valence-corrected chi connectivity index (χ3v) is 5.96. The van der Waals surface area contributed by atoms with Gasteiger partial charge < -0.3 is 0 Å². The number of sulfonamides is 1. The molecule has 0 heterocycles. The van der Waals surface area contributed by atoms with Crippen LogP contribution in [0.4, 0.5) is 10.1 Å². The molecule has 0 N–H and O–H groups in total. The lowest BCUT2D eigenvalue weighted by Gasteiger charge is -2.24. The van der Waals surface area contributed by atoms with E-state index < -0.39 is 15.8 Å². The summed E-state index contributed by atoms with van der Waals surface area (Å²) in [4.78, 5) is 0. The van der Waals surface area contributed by atoms with Crippen LogP contribution in [0.15, 0.2) is 42.5 Å². The van der Waals surface area contributed by atoms with Crippen LogP contribution < -0.4 is 4.31 Å². The highest BCUT2D eigenvalue weighted by Crippen LogP contribution is 2.41. The molecule has 1 saturated carbocycles. The maximum Gasteiger partial charge on any atom is 0.232 e. The van der Waals surface area contributed by atoms with Crippen LogP contribution in [-0.4, -0.2) is 14.7 Å². The molecule has 26 heavy (non-hydrogen) atoms. The number of halogens is 1. The summed E-state index contributed by atoms with van der Waals surface area (Å²) >= 11 is 0. The molecule has 3 nitrogen and oxygen atoms in total. The van der Waals surface area contributed by atoms with Crippen LogP contribution in [0.1, 0.15) is 56.2 Å². The number of benzene rings is 2. The van der Waals surface area contributed by atoms with Crippen molar-refractivity contribution in [1.82, 2.24) is 0 Å². The summed E-state index contributed by atoms with van der Waals surface area (Å²) in [7, 11) is -3.60. The van der Waals surface area contributed by atoms with Gasteiger partial charge in [-0.1, -0.05) is 51.1 Å². The Balaban J connectivity index is 1.90. The van der Waals surface area contributed by atoms with Crippen molar-refractivity contribution >= 4 is 15.7 Å². The van der Waals surface area contributed by atoms with Crippen molar-refractivity contribution in [2.24, 2.45) is 0 Å². The molecule has 0 unspecified atom stereocenters. The molecule has 0 saturated heterocycles. The lowest BCUT2D eigenvalue weighted by Crippen LogP contribution is -2.30. The number of nitrogens with zero attached hydrogens (tertiary/aromatic N) is 1. The largest absolute Gasteiger partial charge is 0.263 e. The third kappa shape index (κ3) is 4.26. The molecule has 0 atom stereocenters. The van der Waals surface area contributed by atoms with Gasteiger partial charge in [0.2, 0.25) is 10.0 Å². The van der Waals surface area contributed by atoms with Crippen molar-refractivity contribution in [3.63, 3.8) is 0 Å². The van der Waals surface area contributed by atoms with Gasteiger partial charge in [0, 0.05) is 0 Å². The molecular weight excluding hydrogens is 349 g/mol. The van der Waals surface area contributed by atoms with Crippen molar-refractivity contribution in [2.75, 3.05) is 10.6 Å². The molecule has 0 aliphatic heterocycles. The fourth-order valence-electron chi connectivity index (χ4n) is 3.05. The molecule has 0 bridgehead atoms. The Hall–Kier alpha value is -1.88. The predicted molar refractivity (Wildman–Crippen MR) is 105 cm³/mol. The molecule has 0 amide bonds. The van der Waals surface area contributed by atoms with Crippen LogP contribution >= 0.6 is 0 Å². The highest BCUT2D eigenvalue weighted by atomic mass is 32.2. The van der Waals surface area contributed by atoms with E-state index in [9.17, 15) is 12.8 Å². The van der Waals surface area contributed by atoms with Crippen molar-refractivity contribution < 1.29 is 12.8 Å². The summed E-state index contributed by atoms with van der Waals surface area (Å²) in [6, 6.07) is 12.7. The molecule has 140 valence electrons. The molecule has 5 heteroatoms. The first-order valence-electron chi connectivity index (χ1n) is 8.92. The van der Waals surface area contributed by atoms with Gasteiger partial charge in [0.25, 0.3) is 0 Å². The number of hydrogen-bond donors (Lipinski definition) is 0. The van der Waals surface area contributed by atoms with Crippen LogP contribution in [0.2, 0.25) is 0 Å². The summed E-state index contributed by atoms with van der Waals surface area (Å²) in [5, 5.41) is 0. The van der Waals surface area contributed by atoms with Gasteiger partial charge in [-0.15, -0.1) is 0 Å². The number of rotatable bonds is 5. The Bertz CT molecular complexity index is 895. The first-order chi connectivity index (χ1) is 12.1. The van der Waals surface area contributed by atoms with E-state index in [2.05, 4.69) is 20.8 Å². The smallest absolute Gasteiger partial charge is 0.232 e. The summed E-state index contributed by atoms with van der Waals surface area (Å²) in [5.74, 6) is -0.0543. The fraction of sp³-hybridized carbons (Fsp3) is 0.429. The highest BCUT2D eigenvalue weighted by Gasteiger charge is 2.27. The lowest BCUT2D eigenvalue weighted by molar-refractivity contribution is 0.587. The minimum Gasteiger partial charge on any atom is -0.263 e. The van der Waals surface area contributed by atoms with Gasteiger partial charge in [0.15, 0.2) is 0 Å². The van der Waals surface area contributed by atoms with Crippen molar-refractivity contribution in [3.05, 3.63) is 65.0 Å². The summed E-state index contributed by atoms with van der Waals surface area (Å²) in [6.07, 6.45) is 3.27.